The van der Waals surface area contributed by atoms with E-state index in [0.717, 1.165) is 27.8 Å². The molecular weight excluding hydrogens is 334 g/mol. The summed E-state index contributed by atoms with van der Waals surface area (Å²) in [5.41, 5.74) is 2.69. The molecule has 122 valence electrons. The lowest BCUT2D eigenvalue weighted by molar-refractivity contribution is 0.677. The number of halogens is 1. The second-order valence-electron chi connectivity index (χ2n) is 5.91. The summed E-state index contributed by atoms with van der Waals surface area (Å²) in [6, 6.07) is 22.8. The van der Waals surface area contributed by atoms with Crippen molar-refractivity contribution in [1.29, 1.82) is 0 Å². The van der Waals surface area contributed by atoms with E-state index in [1.54, 1.807) is 11.8 Å². The number of hydrogen-bond donors (Lipinski definition) is 0. The average Bonchev–Trinajstić information content (AvgIpc) is 2.63. The predicted octanol–water partition coefficient (Wildman–Crippen LogP) is 6.62. The van der Waals surface area contributed by atoms with Crippen LogP contribution in [0.5, 0.6) is 0 Å². The van der Waals surface area contributed by atoms with E-state index in [0.29, 0.717) is 5.92 Å². The molecule has 3 heteroatoms. The van der Waals surface area contributed by atoms with Gasteiger partial charge in [-0.1, -0.05) is 66.7 Å². The fraction of sp³-hybridized carbons (Fsp3) is 0.190. The molecule has 0 saturated carbocycles. The Kier molecular flexibility index (Phi) is 5.95. The molecule has 1 nitrogen and oxygen atoms in total. The van der Waals surface area contributed by atoms with Gasteiger partial charge in [-0.25, -0.2) is 4.98 Å². The molecule has 1 aromatic heterocycles. The molecule has 0 spiro atoms. The van der Waals surface area contributed by atoms with Crippen molar-refractivity contribution in [2.75, 3.05) is 0 Å². The van der Waals surface area contributed by atoms with Gasteiger partial charge in [-0.2, -0.15) is 0 Å². The van der Waals surface area contributed by atoms with Crippen molar-refractivity contribution in [2.45, 2.75) is 35.6 Å². The average molecular weight is 354 g/mol. The Morgan fingerprint density at radius 1 is 0.958 bits per heavy atom. The molecule has 3 aromatic rings. The van der Waals surface area contributed by atoms with Gasteiger partial charge in [-0.3, -0.25) is 0 Å². The standard InChI is InChI=1S/C21H20ClNS/c1-16(18-5-3-2-4-6-18)7-8-17-9-14-21(23-15-17)24-20-12-10-19(22)11-13-20/h2-6,9-16H,7-8H2,1H3/t16-/m0/s1. The Morgan fingerprint density at radius 3 is 2.38 bits per heavy atom. The number of rotatable bonds is 6. The lowest BCUT2D eigenvalue weighted by Gasteiger charge is -2.11. The third-order valence-electron chi connectivity index (χ3n) is 4.07. The van der Waals surface area contributed by atoms with Crippen molar-refractivity contribution in [2.24, 2.45) is 0 Å². The summed E-state index contributed by atoms with van der Waals surface area (Å²) in [4.78, 5) is 5.73. The molecule has 0 saturated heterocycles. The Labute approximate surface area is 153 Å². The Balaban J connectivity index is 1.55. The van der Waals surface area contributed by atoms with Crippen LogP contribution in [0.4, 0.5) is 0 Å². The van der Waals surface area contributed by atoms with Gasteiger partial charge in [0.2, 0.25) is 0 Å². The fourth-order valence-electron chi connectivity index (χ4n) is 2.57. The summed E-state index contributed by atoms with van der Waals surface area (Å²) in [5.74, 6) is 0.564. The molecule has 0 fully saturated rings. The van der Waals surface area contributed by atoms with Crippen molar-refractivity contribution in [3.63, 3.8) is 0 Å². The first-order chi connectivity index (χ1) is 11.7. The highest BCUT2D eigenvalue weighted by atomic mass is 35.5. The van der Waals surface area contributed by atoms with Crippen LogP contribution in [0.25, 0.3) is 0 Å². The zero-order chi connectivity index (χ0) is 16.8. The van der Waals surface area contributed by atoms with Crippen molar-refractivity contribution >= 4 is 23.4 Å². The third-order valence-corrected chi connectivity index (χ3v) is 5.28. The van der Waals surface area contributed by atoms with Crippen LogP contribution in [0, 0.1) is 0 Å². The van der Waals surface area contributed by atoms with Gasteiger partial charge in [-0.05, 0) is 60.2 Å². The van der Waals surface area contributed by atoms with Crippen LogP contribution in [0.15, 0.2) is 82.8 Å². The molecule has 0 amide bonds. The van der Waals surface area contributed by atoms with Gasteiger partial charge in [-0.15, -0.1) is 0 Å². The number of nitrogens with zero attached hydrogens (tertiary/aromatic N) is 1. The summed E-state index contributed by atoms with van der Waals surface area (Å²) in [5, 5.41) is 1.77. The second kappa shape index (κ2) is 8.36. The molecule has 0 bridgehead atoms. The smallest absolute Gasteiger partial charge is 0.101 e. The van der Waals surface area contributed by atoms with E-state index in [4.69, 9.17) is 11.6 Å². The van der Waals surface area contributed by atoms with Gasteiger partial charge in [0.25, 0.3) is 0 Å². The first-order valence-electron chi connectivity index (χ1n) is 8.14. The topological polar surface area (TPSA) is 12.9 Å². The van der Waals surface area contributed by atoms with Crippen LogP contribution in [0.2, 0.25) is 5.02 Å². The molecule has 0 aliphatic heterocycles. The highest BCUT2D eigenvalue weighted by Crippen LogP contribution is 2.27. The number of pyridine rings is 1. The van der Waals surface area contributed by atoms with E-state index in [1.807, 2.05) is 30.5 Å². The lowest BCUT2D eigenvalue weighted by atomic mass is 9.95. The summed E-state index contributed by atoms with van der Waals surface area (Å²) in [6.45, 7) is 2.29. The number of aromatic nitrogens is 1. The van der Waals surface area contributed by atoms with Gasteiger partial charge in [0, 0.05) is 16.1 Å². The zero-order valence-electron chi connectivity index (χ0n) is 13.7. The van der Waals surface area contributed by atoms with E-state index in [-0.39, 0.29) is 0 Å². The normalized spacial score (nSPS) is 12.1. The minimum Gasteiger partial charge on any atom is -0.249 e. The van der Waals surface area contributed by atoms with E-state index in [1.165, 1.54) is 11.1 Å². The number of aryl methyl sites for hydroxylation is 1. The van der Waals surface area contributed by atoms with Crippen LogP contribution in [0.3, 0.4) is 0 Å². The molecular formula is C21H20ClNS. The zero-order valence-corrected chi connectivity index (χ0v) is 15.2. The third kappa shape index (κ3) is 4.86. The van der Waals surface area contributed by atoms with Crippen molar-refractivity contribution in [3.8, 4) is 0 Å². The highest BCUT2D eigenvalue weighted by Gasteiger charge is 2.06. The van der Waals surface area contributed by atoms with Crippen molar-refractivity contribution in [1.82, 2.24) is 4.98 Å². The van der Waals surface area contributed by atoms with Crippen LogP contribution < -0.4 is 0 Å². The van der Waals surface area contributed by atoms with Gasteiger partial charge >= 0.3 is 0 Å². The SMILES string of the molecule is C[C@@H](CCc1ccc(Sc2ccc(Cl)cc2)nc1)c1ccccc1. The highest BCUT2D eigenvalue weighted by molar-refractivity contribution is 7.99. The van der Waals surface area contributed by atoms with Crippen molar-refractivity contribution in [3.05, 3.63) is 89.1 Å². The number of benzene rings is 2. The molecule has 0 aliphatic carbocycles. The molecule has 0 N–H and O–H groups in total. The number of hydrogen-bond acceptors (Lipinski definition) is 2. The summed E-state index contributed by atoms with van der Waals surface area (Å²) < 4.78 is 0. The molecule has 0 unspecified atom stereocenters. The fourth-order valence-corrected chi connectivity index (χ4v) is 3.46. The molecule has 0 aliphatic rings. The van der Waals surface area contributed by atoms with Gasteiger partial charge in [0.05, 0.1) is 0 Å². The van der Waals surface area contributed by atoms with E-state index >= 15 is 0 Å². The van der Waals surface area contributed by atoms with E-state index in [9.17, 15) is 0 Å². The summed E-state index contributed by atoms with van der Waals surface area (Å²) in [6.07, 6.45) is 4.18. The minimum atomic E-state index is 0.564. The van der Waals surface area contributed by atoms with E-state index < -0.39 is 0 Å². The maximum atomic E-state index is 5.92. The van der Waals surface area contributed by atoms with Gasteiger partial charge in [0.1, 0.15) is 5.03 Å². The van der Waals surface area contributed by atoms with Crippen LogP contribution in [-0.4, -0.2) is 4.98 Å². The first kappa shape index (κ1) is 17.1. The summed E-state index contributed by atoms with van der Waals surface area (Å²) in [7, 11) is 0. The maximum absolute atomic E-state index is 5.92. The minimum absolute atomic E-state index is 0.564. The molecule has 0 radical (unpaired) electrons. The Hall–Kier alpha value is -1.77. The van der Waals surface area contributed by atoms with Crippen LogP contribution in [0.1, 0.15) is 30.4 Å². The quantitative estimate of drug-likeness (QED) is 0.493. The molecule has 1 atom stereocenters. The maximum Gasteiger partial charge on any atom is 0.101 e. The van der Waals surface area contributed by atoms with Crippen LogP contribution in [-0.2, 0) is 6.42 Å². The summed E-state index contributed by atoms with van der Waals surface area (Å²) >= 11 is 7.57. The van der Waals surface area contributed by atoms with Gasteiger partial charge < -0.3 is 0 Å². The van der Waals surface area contributed by atoms with Crippen molar-refractivity contribution < 1.29 is 0 Å². The Morgan fingerprint density at radius 2 is 1.71 bits per heavy atom. The molecule has 1 heterocycles. The predicted molar refractivity (Wildman–Crippen MR) is 103 cm³/mol. The first-order valence-corrected chi connectivity index (χ1v) is 9.33. The molecule has 24 heavy (non-hydrogen) atoms. The Bertz CT molecular complexity index is 754. The second-order valence-corrected chi connectivity index (χ2v) is 7.44. The van der Waals surface area contributed by atoms with E-state index in [2.05, 4.69) is 54.4 Å². The molecule has 2 aromatic carbocycles. The largest absolute Gasteiger partial charge is 0.249 e. The monoisotopic (exact) mass is 353 g/mol. The molecule has 3 rings (SSSR count). The van der Waals surface area contributed by atoms with Gasteiger partial charge in [0.15, 0.2) is 0 Å². The lowest BCUT2D eigenvalue weighted by Crippen LogP contribution is -1.96. The van der Waals surface area contributed by atoms with Crippen LogP contribution >= 0.6 is 23.4 Å².